The number of hydrogen-bond donors (Lipinski definition) is 0. The highest BCUT2D eigenvalue weighted by molar-refractivity contribution is 7.99. The van der Waals surface area contributed by atoms with E-state index in [0.717, 1.165) is 36.2 Å². The fourth-order valence-electron chi connectivity index (χ4n) is 6.99. The van der Waals surface area contributed by atoms with Crippen LogP contribution in [0.25, 0.3) is 10.8 Å². The summed E-state index contributed by atoms with van der Waals surface area (Å²) in [6.07, 6.45) is 3.82. The molecule has 1 saturated heterocycles. The lowest BCUT2D eigenvalue weighted by atomic mass is 9.70. The van der Waals surface area contributed by atoms with Crippen molar-refractivity contribution in [2.45, 2.75) is 57.0 Å². The number of thioether (sulfide) groups is 1. The van der Waals surface area contributed by atoms with Crippen LogP contribution in [0.2, 0.25) is 0 Å². The maximum Gasteiger partial charge on any atom is 0.289 e. The van der Waals surface area contributed by atoms with Gasteiger partial charge in [-0.1, -0.05) is 26.0 Å². The quantitative estimate of drug-likeness (QED) is 0.227. The van der Waals surface area contributed by atoms with E-state index in [-0.39, 0.29) is 28.9 Å². The molecule has 0 aromatic heterocycles. The Morgan fingerprint density at radius 3 is 2.52 bits per heavy atom. The molecule has 2 saturated carbocycles. The molecule has 9 nitrogen and oxygen atoms in total. The zero-order valence-electron chi connectivity index (χ0n) is 22.6. The van der Waals surface area contributed by atoms with Crippen LogP contribution in [0.5, 0.6) is 0 Å². The molecule has 2 amide bonds. The second-order valence-electron chi connectivity index (χ2n) is 11.7. The number of amides is 2. The van der Waals surface area contributed by atoms with E-state index in [2.05, 4.69) is 0 Å². The van der Waals surface area contributed by atoms with Crippen LogP contribution in [0.1, 0.15) is 66.7 Å². The summed E-state index contributed by atoms with van der Waals surface area (Å²) in [6, 6.07) is 8.51. The monoisotopic (exact) mass is 587 g/mol. The van der Waals surface area contributed by atoms with E-state index >= 15 is 0 Å². The summed E-state index contributed by atoms with van der Waals surface area (Å²) >= 11 is 1.56. The number of ether oxygens (including phenoxy) is 2. The van der Waals surface area contributed by atoms with Crippen molar-refractivity contribution in [3.05, 3.63) is 41.5 Å². The first-order valence-electron chi connectivity index (χ1n) is 13.8. The highest BCUT2D eigenvalue weighted by atomic mass is 32.2. The highest BCUT2D eigenvalue weighted by Gasteiger charge is 2.65. The number of rotatable bonds is 10. The number of ketones is 1. The molecule has 214 valence electrons. The Morgan fingerprint density at radius 2 is 1.85 bits per heavy atom. The third-order valence-corrected chi connectivity index (χ3v) is 11.7. The topological polar surface area (TPSA) is 116 Å². The number of fused-ring (bicyclic) bond motifs is 2. The third-order valence-electron chi connectivity index (χ3n) is 9.39. The molecular weight excluding hydrogens is 554 g/mol. The SMILES string of the molecule is CC1(C)C2CCC1(CS(=O)(=O)ON1C(=O)c3cccc4c(SCCOCC5CCCO5)ccc(c34)C1=O)C(=O)C2. The van der Waals surface area contributed by atoms with Crippen LogP contribution in [-0.2, 0) is 28.7 Å². The van der Waals surface area contributed by atoms with Crippen LogP contribution in [0.15, 0.2) is 35.2 Å². The molecule has 2 aliphatic heterocycles. The highest BCUT2D eigenvalue weighted by Crippen LogP contribution is 2.64. The number of imide groups is 1. The van der Waals surface area contributed by atoms with Crippen LogP contribution in [0.4, 0.5) is 0 Å². The van der Waals surface area contributed by atoms with Gasteiger partial charge in [-0.3, -0.25) is 14.4 Å². The fourth-order valence-corrected chi connectivity index (χ4v) is 9.60. The Hall–Kier alpha value is -2.31. The van der Waals surface area contributed by atoms with Crippen molar-refractivity contribution in [1.82, 2.24) is 5.06 Å². The van der Waals surface area contributed by atoms with Crippen LogP contribution >= 0.6 is 11.8 Å². The summed E-state index contributed by atoms with van der Waals surface area (Å²) in [5.41, 5.74) is -1.19. The third kappa shape index (κ3) is 4.50. The molecule has 3 atom stereocenters. The molecule has 2 bridgehead atoms. The Morgan fingerprint density at radius 1 is 1.07 bits per heavy atom. The Bertz CT molecular complexity index is 1470. The van der Waals surface area contributed by atoms with Gasteiger partial charge in [0, 0.05) is 29.1 Å². The molecule has 3 unspecified atom stereocenters. The van der Waals surface area contributed by atoms with E-state index in [1.807, 2.05) is 19.9 Å². The number of carbonyl (C=O) groups is 3. The van der Waals surface area contributed by atoms with E-state index in [0.29, 0.717) is 42.3 Å². The second kappa shape index (κ2) is 10.2. The predicted molar refractivity (Wildman–Crippen MR) is 148 cm³/mol. The number of hydroxylamine groups is 2. The van der Waals surface area contributed by atoms with Gasteiger partial charge in [-0.2, -0.15) is 8.42 Å². The summed E-state index contributed by atoms with van der Waals surface area (Å²) in [6.45, 7) is 5.73. The minimum atomic E-state index is -4.45. The summed E-state index contributed by atoms with van der Waals surface area (Å²) in [7, 11) is -4.45. The zero-order chi connectivity index (χ0) is 28.3. The van der Waals surface area contributed by atoms with Crippen molar-refractivity contribution in [2.24, 2.45) is 16.7 Å². The van der Waals surface area contributed by atoms with Crippen molar-refractivity contribution < 1.29 is 36.6 Å². The van der Waals surface area contributed by atoms with Crippen LogP contribution < -0.4 is 0 Å². The van der Waals surface area contributed by atoms with Gasteiger partial charge in [-0.05, 0) is 60.6 Å². The first kappa shape index (κ1) is 27.8. The molecule has 0 spiro atoms. The smallest absolute Gasteiger partial charge is 0.289 e. The van der Waals surface area contributed by atoms with Gasteiger partial charge in [0.2, 0.25) is 0 Å². The Labute approximate surface area is 238 Å². The van der Waals surface area contributed by atoms with E-state index < -0.39 is 38.5 Å². The van der Waals surface area contributed by atoms with Crippen molar-refractivity contribution in [1.29, 1.82) is 0 Å². The lowest BCUT2D eigenvalue weighted by Gasteiger charge is -2.36. The van der Waals surface area contributed by atoms with Gasteiger partial charge >= 0.3 is 0 Å². The minimum absolute atomic E-state index is 0.0883. The summed E-state index contributed by atoms with van der Waals surface area (Å²) in [5, 5.41) is 1.55. The molecule has 0 radical (unpaired) electrons. The standard InChI is InChI=1S/C29H33NO8S2/c1-28(2)18-10-11-29(28,24(31)15-18)17-40(34,35)38-30-26(32)21-7-3-6-20-23(9-8-22(25(20)21)27(30)33)39-14-13-36-16-19-5-4-12-37-19/h3,6-9,18-19H,4-5,10-17H2,1-2H3. The molecule has 0 N–H and O–H groups in total. The second-order valence-corrected chi connectivity index (χ2v) is 14.4. The molecule has 2 heterocycles. The minimum Gasteiger partial charge on any atom is -0.378 e. The fraction of sp³-hybridized carbons (Fsp3) is 0.552. The molecule has 6 rings (SSSR count). The first-order chi connectivity index (χ1) is 19.0. The van der Waals surface area contributed by atoms with E-state index in [1.165, 1.54) is 0 Å². The van der Waals surface area contributed by atoms with Crippen LogP contribution in [-0.4, -0.2) is 68.5 Å². The lowest BCUT2D eigenvalue weighted by molar-refractivity contribution is -0.128. The van der Waals surface area contributed by atoms with Crippen molar-refractivity contribution in [3.63, 3.8) is 0 Å². The Balaban J connectivity index is 1.19. The Kier molecular flexibility index (Phi) is 7.10. The van der Waals surface area contributed by atoms with Crippen molar-refractivity contribution >= 4 is 50.3 Å². The van der Waals surface area contributed by atoms with Gasteiger partial charge in [0.15, 0.2) is 0 Å². The van der Waals surface area contributed by atoms with Crippen LogP contribution in [0, 0.1) is 16.7 Å². The molecule has 11 heteroatoms. The molecule has 4 aliphatic rings. The number of hydrogen-bond acceptors (Lipinski definition) is 9. The number of benzene rings is 2. The van der Waals surface area contributed by atoms with Crippen molar-refractivity contribution in [2.75, 3.05) is 31.3 Å². The number of nitrogens with zero attached hydrogens (tertiary/aromatic N) is 1. The maximum atomic E-state index is 13.4. The summed E-state index contributed by atoms with van der Waals surface area (Å²) < 4.78 is 43.1. The van der Waals surface area contributed by atoms with Gasteiger partial charge in [0.25, 0.3) is 21.9 Å². The number of Topliss-reactive ketones (excluding diaryl/α,β-unsaturated/α-hetero) is 1. The summed E-state index contributed by atoms with van der Waals surface area (Å²) in [5.74, 6) is -1.52. The van der Waals surface area contributed by atoms with E-state index in [4.69, 9.17) is 13.8 Å². The van der Waals surface area contributed by atoms with Gasteiger partial charge in [0.05, 0.1) is 41.6 Å². The normalized spacial score (nSPS) is 27.4. The largest absolute Gasteiger partial charge is 0.378 e. The van der Waals surface area contributed by atoms with Gasteiger partial charge in [-0.15, -0.1) is 21.1 Å². The molecular formula is C29H33NO8S2. The molecule has 2 aromatic carbocycles. The molecule has 3 fully saturated rings. The van der Waals surface area contributed by atoms with Crippen LogP contribution in [0.3, 0.4) is 0 Å². The first-order valence-corrected chi connectivity index (χ1v) is 16.3. The average molecular weight is 588 g/mol. The van der Waals surface area contributed by atoms with Gasteiger partial charge in [-0.25, -0.2) is 0 Å². The lowest BCUT2D eigenvalue weighted by Crippen LogP contribution is -2.46. The van der Waals surface area contributed by atoms with E-state index in [1.54, 1.807) is 36.0 Å². The van der Waals surface area contributed by atoms with E-state index in [9.17, 15) is 22.8 Å². The van der Waals surface area contributed by atoms with Gasteiger partial charge < -0.3 is 9.47 Å². The van der Waals surface area contributed by atoms with Crippen molar-refractivity contribution in [3.8, 4) is 0 Å². The molecule has 2 aromatic rings. The predicted octanol–water partition coefficient (Wildman–Crippen LogP) is 4.38. The maximum absolute atomic E-state index is 13.4. The number of carbonyl (C=O) groups excluding carboxylic acids is 3. The molecule has 40 heavy (non-hydrogen) atoms. The summed E-state index contributed by atoms with van der Waals surface area (Å²) in [4.78, 5) is 40.6. The molecule has 2 aliphatic carbocycles. The van der Waals surface area contributed by atoms with Gasteiger partial charge in [0.1, 0.15) is 5.78 Å². The average Bonchev–Trinajstić information content (AvgIpc) is 3.56. The zero-order valence-corrected chi connectivity index (χ0v) is 24.3.